The van der Waals surface area contributed by atoms with Crippen LogP contribution in [0.5, 0.6) is 17.2 Å². The number of amides is 1. The van der Waals surface area contributed by atoms with Gasteiger partial charge in [0, 0.05) is 6.08 Å². The number of carbonyl (C=O) groups is 1. The van der Waals surface area contributed by atoms with E-state index in [-0.39, 0.29) is 15.6 Å². The fourth-order valence-electron chi connectivity index (χ4n) is 3.22. The van der Waals surface area contributed by atoms with Gasteiger partial charge in [-0.25, -0.2) is 8.42 Å². The van der Waals surface area contributed by atoms with Crippen LogP contribution >= 0.6 is 11.6 Å². The third-order valence-electron chi connectivity index (χ3n) is 4.92. The van der Waals surface area contributed by atoms with Crippen molar-refractivity contribution in [2.24, 2.45) is 0 Å². The highest BCUT2D eigenvalue weighted by molar-refractivity contribution is 7.93. The van der Waals surface area contributed by atoms with Crippen LogP contribution in [-0.4, -0.2) is 35.2 Å². The summed E-state index contributed by atoms with van der Waals surface area (Å²) in [6.45, 7) is 2.54. The lowest BCUT2D eigenvalue weighted by atomic mass is 10.2. The molecule has 35 heavy (non-hydrogen) atoms. The molecule has 0 saturated carbocycles. The van der Waals surface area contributed by atoms with E-state index in [1.165, 1.54) is 56.7 Å². The third kappa shape index (κ3) is 6.15. The number of anilines is 1. The van der Waals surface area contributed by atoms with E-state index < -0.39 is 15.9 Å². The van der Waals surface area contributed by atoms with E-state index in [1.807, 2.05) is 6.92 Å². The van der Waals surface area contributed by atoms with Crippen LogP contribution in [0.1, 0.15) is 18.9 Å². The van der Waals surface area contributed by atoms with Crippen molar-refractivity contribution in [3.63, 3.8) is 0 Å². The summed E-state index contributed by atoms with van der Waals surface area (Å²) in [5, 5.41) is 0.169. The first-order valence-electron chi connectivity index (χ1n) is 10.8. The van der Waals surface area contributed by atoms with Crippen LogP contribution in [0.2, 0.25) is 5.02 Å². The van der Waals surface area contributed by atoms with Gasteiger partial charge in [0.15, 0.2) is 11.5 Å². The maximum Gasteiger partial charge on any atom is 0.271 e. The number of hydrogen-bond donors (Lipinski definition) is 0. The predicted octanol–water partition coefficient (Wildman–Crippen LogP) is 5.58. The van der Waals surface area contributed by atoms with Crippen molar-refractivity contribution in [3.8, 4) is 17.2 Å². The number of carbonyl (C=O) groups excluding carboxylic acids is 1. The molecule has 1 amide bonds. The number of methoxy groups -OCH3 is 2. The smallest absolute Gasteiger partial charge is 0.271 e. The molecule has 0 spiro atoms. The Labute approximate surface area is 210 Å². The van der Waals surface area contributed by atoms with Crippen molar-refractivity contribution in [1.29, 1.82) is 0 Å². The highest BCUT2D eigenvalue weighted by atomic mass is 35.5. The van der Waals surface area contributed by atoms with E-state index in [4.69, 9.17) is 25.8 Å². The lowest BCUT2D eigenvalue weighted by Crippen LogP contribution is -2.35. The largest absolute Gasteiger partial charge is 0.495 e. The predicted molar refractivity (Wildman–Crippen MR) is 137 cm³/mol. The first kappa shape index (κ1) is 26.1. The average molecular weight is 516 g/mol. The Morgan fingerprint density at radius 3 is 2.26 bits per heavy atom. The molecule has 0 atom stereocenters. The van der Waals surface area contributed by atoms with Gasteiger partial charge in [0.1, 0.15) is 5.75 Å². The summed E-state index contributed by atoms with van der Waals surface area (Å²) in [6.07, 6.45) is 3.54. The summed E-state index contributed by atoms with van der Waals surface area (Å²) < 4.78 is 43.8. The molecule has 0 aromatic heterocycles. The molecule has 0 aliphatic heterocycles. The minimum absolute atomic E-state index is 0.0345. The molecule has 0 fully saturated rings. The van der Waals surface area contributed by atoms with E-state index in [1.54, 1.807) is 36.4 Å². The topological polar surface area (TPSA) is 82.1 Å². The molecule has 3 rings (SSSR count). The van der Waals surface area contributed by atoms with E-state index >= 15 is 0 Å². The van der Waals surface area contributed by atoms with Gasteiger partial charge in [-0.3, -0.25) is 4.79 Å². The summed E-state index contributed by atoms with van der Waals surface area (Å²) in [7, 11) is -1.27. The fraction of sp³-hybridized carbons (Fsp3) is 0.192. The molecule has 0 heterocycles. The summed E-state index contributed by atoms with van der Waals surface area (Å²) >= 11 is 6.23. The number of halogens is 1. The molecule has 184 valence electrons. The highest BCUT2D eigenvalue weighted by Crippen LogP contribution is 2.33. The third-order valence-corrected chi connectivity index (χ3v) is 6.95. The van der Waals surface area contributed by atoms with E-state index in [9.17, 15) is 13.2 Å². The molecule has 0 radical (unpaired) electrons. The molecule has 9 heteroatoms. The maximum atomic E-state index is 13.5. The number of hydrogen-bond acceptors (Lipinski definition) is 6. The summed E-state index contributed by atoms with van der Waals surface area (Å²) in [5.41, 5.74) is 0.707. The van der Waals surface area contributed by atoms with Gasteiger partial charge >= 0.3 is 0 Å². The van der Waals surface area contributed by atoms with Crippen molar-refractivity contribution < 1.29 is 27.4 Å². The Balaban J connectivity index is 2.00. The second-order valence-corrected chi connectivity index (χ2v) is 9.53. The number of rotatable bonds is 10. The molecule has 0 aliphatic rings. The van der Waals surface area contributed by atoms with Crippen LogP contribution in [0, 0.1) is 0 Å². The molecule has 0 saturated heterocycles. The van der Waals surface area contributed by atoms with E-state index in [2.05, 4.69) is 0 Å². The summed E-state index contributed by atoms with van der Waals surface area (Å²) in [6, 6.07) is 17.2. The normalized spacial score (nSPS) is 11.3. The average Bonchev–Trinajstić information content (AvgIpc) is 2.87. The zero-order valence-electron chi connectivity index (χ0n) is 19.6. The van der Waals surface area contributed by atoms with Crippen LogP contribution in [0.3, 0.4) is 0 Å². The summed E-state index contributed by atoms with van der Waals surface area (Å²) in [4.78, 5) is 13.3. The quantitative estimate of drug-likeness (QED) is 0.328. The first-order chi connectivity index (χ1) is 16.8. The van der Waals surface area contributed by atoms with Crippen LogP contribution < -0.4 is 18.5 Å². The molecule has 0 aliphatic carbocycles. The van der Waals surface area contributed by atoms with Crippen molar-refractivity contribution >= 4 is 39.3 Å². The lowest BCUT2D eigenvalue weighted by molar-refractivity contribution is -0.113. The van der Waals surface area contributed by atoms with Crippen LogP contribution in [-0.2, 0) is 14.8 Å². The molecule has 3 aromatic carbocycles. The Kier molecular flexibility index (Phi) is 8.78. The number of ether oxygens (including phenoxy) is 3. The van der Waals surface area contributed by atoms with Crippen molar-refractivity contribution in [1.82, 2.24) is 0 Å². The molecule has 0 bridgehead atoms. The number of benzene rings is 3. The SMILES string of the molecule is CCCOc1ccc(/C=C/C(=O)N(c2ccc(OC)c(Cl)c2)S(=O)(=O)c2ccccc2)cc1OC. The molecular formula is C26H26ClNO6S. The zero-order valence-corrected chi connectivity index (χ0v) is 21.2. The zero-order chi connectivity index (χ0) is 25.4. The van der Waals surface area contributed by atoms with Crippen LogP contribution in [0.15, 0.2) is 77.7 Å². The Morgan fingerprint density at radius 2 is 1.63 bits per heavy atom. The standard InChI is InChI=1S/C26H26ClNO6S/c1-4-16-34-24-13-10-19(17-25(24)33-3)11-15-26(29)28(20-12-14-23(32-2)22(27)18-20)35(30,31)21-8-6-5-7-9-21/h5-15,17-18H,4,16H2,1-3H3/b15-11+. The van der Waals surface area contributed by atoms with Crippen molar-refractivity contribution in [3.05, 3.63) is 83.4 Å². The minimum atomic E-state index is -4.24. The Bertz CT molecular complexity index is 1310. The van der Waals surface area contributed by atoms with Gasteiger partial charge in [-0.2, -0.15) is 4.31 Å². The first-order valence-corrected chi connectivity index (χ1v) is 12.6. The van der Waals surface area contributed by atoms with E-state index in [0.717, 1.165) is 6.42 Å². The van der Waals surface area contributed by atoms with Crippen molar-refractivity contribution in [2.75, 3.05) is 25.1 Å². The maximum absolute atomic E-state index is 13.5. The molecular weight excluding hydrogens is 490 g/mol. The molecule has 0 unspecified atom stereocenters. The fourth-order valence-corrected chi connectivity index (χ4v) is 4.87. The van der Waals surface area contributed by atoms with E-state index in [0.29, 0.717) is 33.7 Å². The summed E-state index contributed by atoms with van der Waals surface area (Å²) in [5.74, 6) is 0.663. The van der Waals surface area contributed by atoms with Gasteiger partial charge in [-0.1, -0.05) is 42.8 Å². The second kappa shape index (κ2) is 11.8. The molecule has 3 aromatic rings. The van der Waals surface area contributed by atoms with Crippen molar-refractivity contribution in [2.45, 2.75) is 18.2 Å². The van der Waals surface area contributed by atoms with Gasteiger partial charge in [0.2, 0.25) is 0 Å². The molecule has 0 N–H and O–H groups in total. The van der Waals surface area contributed by atoms with Gasteiger partial charge in [0.05, 0.1) is 36.4 Å². The van der Waals surface area contributed by atoms with Crippen LogP contribution in [0.25, 0.3) is 6.08 Å². The monoisotopic (exact) mass is 515 g/mol. The van der Waals surface area contributed by atoms with Gasteiger partial charge in [0.25, 0.3) is 15.9 Å². The number of sulfonamides is 1. The molecule has 7 nitrogen and oxygen atoms in total. The number of nitrogens with zero attached hydrogens (tertiary/aromatic N) is 1. The van der Waals surface area contributed by atoms with Gasteiger partial charge < -0.3 is 14.2 Å². The van der Waals surface area contributed by atoms with Crippen LogP contribution in [0.4, 0.5) is 5.69 Å². The Morgan fingerprint density at radius 1 is 0.943 bits per heavy atom. The van der Waals surface area contributed by atoms with Gasteiger partial charge in [-0.05, 0) is 60.5 Å². The highest BCUT2D eigenvalue weighted by Gasteiger charge is 2.30. The van der Waals surface area contributed by atoms with Gasteiger partial charge in [-0.15, -0.1) is 0 Å². The Hall–Kier alpha value is -3.49. The second-order valence-electron chi connectivity index (χ2n) is 7.33. The lowest BCUT2D eigenvalue weighted by Gasteiger charge is -2.22. The minimum Gasteiger partial charge on any atom is -0.495 e.